The fourth-order valence-electron chi connectivity index (χ4n) is 3.52. The van der Waals surface area contributed by atoms with Crippen molar-refractivity contribution in [1.29, 1.82) is 0 Å². The molecule has 27 heavy (non-hydrogen) atoms. The molecule has 4 rings (SSSR count). The Balaban J connectivity index is 1.36. The van der Waals surface area contributed by atoms with Crippen molar-refractivity contribution in [3.05, 3.63) is 36.0 Å². The Morgan fingerprint density at radius 3 is 2.85 bits per heavy atom. The highest BCUT2D eigenvalue weighted by molar-refractivity contribution is 5.91. The maximum Gasteiger partial charge on any atom is 0.289 e. The number of aromatic nitrogens is 2. The van der Waals surface area contributed by atoms with Gasteiger partial charge in [0.2, 0.25) is 0 Å². The molecule has 4 heterocycles. The topological polar surface area (TPSA) is 83.7 Å². The highest BCUT2D eigenvalue weighted by Gasteiger charge is 2.25. The highest BCUT2D eigenvalue weighted by atomic mass is 16.5. The summed E-state index contributed by atoms with van der Waals surface area (Å²) in [6, 6.07) is 5.42. The van der Waals surface area contributed by atoms with E-state index in [-0.39, 0.29) is 12.0 Å². The number of aryl methyl sites for hydroxylation is 1. The van der Waals surface area contributed by atoms with E-state index in [0.29, 0.717) is 18.8 Å². The van der Waals surface area contributed by atoms with E-state index in [9.17, 15) is 4.79 Å². The average molecular weight is 371 g/mol. The van der Waals surface area contributed by atoms with E-state index < -0.39 is 0 Å². The zero-order chi connectivity index (χ0) is 18.6. The fourth-order valence-corrected chi connectivity index (χ4v) is 3.52. The minimum atomic E-state index is -0.0579. The largest absolute Gasteiger partial charge is 0.459 e. The van der Waals surface area contributed by atoms with Gasteiger partial charge >= 0.3 is 0 Å². The summed E-state index contributed by atoms with van der Waals surface area (Å²) >= 11 is 0. The SMILES string of the molecule is Cc1nc(NCC2CCCO2)cc(N2CCN(C(=O)c3ccco3)CC2)n1. The summed E-state index contributed by atoms with van der Waals surface area (Å²) in [6.07, 6.45) is 4.01. The van der Waals surface area contributed by atoms with Gasteiger partial charge in [0.05, 0.1) is 12.4 Å². The van der Waals surface area contributed by atoms with Crippen LogP contribution in [0.15, 0.2) is 28.9 Å². The second kappa shape index (κ2) is 7.96. The third-order valence-electron chi connectivity index (χ3n) is 4.98. The van der Waals surface area contributed by atoms with Crippen molar-refractivity contribution in [2.24, 2.45) is 0 Å². The van der Waals surface area contributed by atoms with E-state index in [2.05, 4.69) is 20.2 Å². The monoisotopic (exact) mass is 371 g/mol. The maximum absolute atomic E-state index is 12.4. The van der Waals surface area contributed by atoms with Crippen LogP contribution in [-0.2, 0) is 4.74 Å². The summed E-state index contributed by atoms with van der Waals surface area (Å²) in [5.41, 5.74) is 0. The van der Waals surface area contributed by atoms with Crippen molar-refractivity contribution < 1.29 is 13.9 Å². The van der Waals surface area contributed by atoms with Gasteiger partial charge in [0, 0.05) is 45.4 Å². The molecule has 0 aromatic carbocycles. The maximum atomic E-state index is 12.4. The normalized spacial score (nSPS) is 20.1. The lowest BCUT2D eigenvalue weighted by atomic mass is 10.2. The number of hydrogen-bond acceptors (Lipinski definition) is 7. The molecule has 0 spiro atoms. The van der Waals surface area contributed by atoms with Gasteiger partial charge in [-0.3, -0.25) is 4.79 Å². The lowest BCUT2D eigenvalue weighted by molar-refractivity contribution is 0.0714. The predicted molar refractivity (Wildman–Crippen MR) is 101 cm³/mol. The third kappa shape index (κ3) is 4.21. The molecule has 0 saturated carbocycles. The minimum Gasteiger partial charge on any atom is -0.459 e. The summed E-state index contributed by atoms with van der Waals surface area (Å²) in [5, 5.41) is 3.37. The van der Waals surface area contributed by atoms with Crippen LogP contribution in [0, 0.1) is 6.92 Å². The van der Waals surface area contributed by atoms with Crippen LogP contribution in [0.5, 0.6) is 0 Å². The fraction of sp³-hybridized carbons (Fsp3) is 0.526. The highest BCUT2D eigenvalue weighted by Crippen LogP contribution is 2.20. The van der Waals surface area contributed by atoms with Gasteiger partial charge in [-0.05, 0) is 31.9 Å². The number of piperazine rings is 1. The zero-order valence-corrected chi connectivity index (χ0v) is 15.6. The number of nitrogens with zero attached hydrogens (tertiary/aromatic N) is 4. The number of carbonyl (C=O) groups is 1. The molecule has 8 heteroatoms. The Morgan fingerprint density at radius 1 is 1.30 bits per heavy atom. The number of furan rings is 1. The molecule has 0 radical (unpaired) electrons. The number of rotatable bonds is 5. The van der Waals surface area contributed by atoms with Crippen LogP contribution < -0.4 is 10.2 Å². The molecule has 0 aliphatic carbocycles. The van der Waals surface area contributed by atoms with E-state index in [1.54, 1.807) is 12.1 Å². The minimum absolute atomic E-state index is 0.0579. The van der Waals surface area contributed by atoms with Gasteiger partial charge in [-0.1, -0.05) is 0 Å². The lowest BCUT2D eigenvalue weighted by Gasteiger charge is -2.35. The van der Waals surface area contributed by atoms with Gasteiger partial charge in [-0.15, -0.1) is 0 Å². The molecule has 1 unspecified atom stereocenters. The molecule has 8 nitrogen and oxygen atoms in total. The van der Waals surface area contributed by atoms with Gasteiger partial charge in [0.25, 0.3) is 5.91 Å². The number of carbonyl (C=O) groups excluding carboxylic acids is 1. The molecule has 1 amide bonds. The first-order chi connectivity index (χ1) is 13.2. The van der Waals surface area contributed by atoms with Crippen LogP contribution >= 0.6 is 0 Å². The van der Waals surface area contributed by atoms with Gasteiger partial charge in [-0.25, -0.2) is 9.97 Å². The molecule has 2 aliphatic rings. The Labute approximate surface area is 158 Å². The Hall–Kier alpha value is -2.61. The van der Waals surface area contributed by atoms with E-state index >= 15 is 0 Å². The second-order valence-electron chi connectivity index (χ2n) is 6.93. The second-order valence-corrected chi connectivity index (χ2v) is 6.93. The molecule has 2 fully saturated rings. The van der Waals surface area contributed by atoms with Crippen LogP contribution in [0.25, 0.3) is 0 Å². The van der Waals surface area contributed by atoms with E-state index in [1.807, 2.05) is 17.9 Å². The van der Waals surface area contributed by atoms with Crippen molar-refractivity contribution in [2.75, 3.05) is 49.5 Å². The van der Waals surface area contributed by atoms with Crippen molar-refractivity contribution in [1.82, 2.24) is 14.9 Å². The Morgan fingerprint density at radius 2 is 2.15 bits per heavy atom. The number of amides is 1. The lowest BCUT2D eigenvalue weighted by Crippen LogP contribution is -2.49. The molecule has 2 aromatic rings. The summed E-state index contributed by atoms with van der Waals surface area (Å²) in [7, 11) is 0. The van der Waals surface area contributed by atoms with Crippen molar-refractivity contribution >= 4 is 17.5 Å². The van der Waals surface area contributed by atoms with Crippen molar-refractivity contribution in [2.45, 2.75) is 25.9 Å². The number of hydrogen-bond donors (Lipinski definition) is 1. The first-order valence-corrected chi connectivity index (χ1v) is 9.48. The quantitative estimate of drug-likeness (QED) is 0.860. The molecule has 1 atom stereocenters. The third-order valence-corrected chi connectivity index (χ3v) is 4.98. The van der Waals surface area contributed by atoms with Gasteiger partial charge < -0.3 is 24.3 Å². The van der Waals surface area contributed by atoms with Crippen LogP contribution in [0.1, 0.15) is 29.2 Å². The Bertz CT molecular complexity index is 766. The van der Waals surface area contributed by atoms with Crippen LogP contribution in [-0.4, -0.2) is 66.2 Å². The summed E-state index contributed by atoms with van der Waals surface area (Å²) in [4.78, 5) is 25.5. The van der Waals surface area contributed by atoms with Crippen LogP contribution in [0.2, 0.25) is 0 Å². The first kappa shape index (κ1) is 17.8. The number of anilines is 2. The summed E-state index contributed by atoms with van der Waals surface area (Å²) in [5.74, 6) is 2.78. The molecular formula is C19H25N5O3. The van der Waals surface area contributed by atoms with Crippen molar-refractivity contribution in [3.63, 3.8) is 0 Å². The van der Waals surface area contributed by atoms with Gasteiger partial charge in [0.15, 0.2) is 5.76 Å². The molecule has 144 valence electrons. The van der Waals surface area contributed by atoms with Gasteiger partial charge in [0.1, 0.15) is 17.5 Å². The number of ether oxygens (including phenoxy) is 1. The zero-order valence-electron chi connectivity index (χ0n) is 15.6. The number of nitrogens with one attached hydrogen (secondary N) is 1. The Kier molecular flexibility index (Phi) is 5.24. The summed E-state index contributed by atoms with van der Waals surface area (Å²) < 4.78 is 10.9. The average Bonchev–Trinajstić information content (AvgIpc) is 3.39. The standard InChI is InChI=1S/C19H25N5O3/c1-14-21-17(20-13-15-4-2-10-26-15)12-18(22-14)23-6-8-24(9-7-23)19(25)16-5-3-11-27-16/h3,5,11-12,15H,2,4,6-10,13H2,1H3,(H,20,21,22). The van der Waals surface area contributed by atoms with E-state index in [1.165, 1.54) is 6.26 Å². The van der Waals surface area contributed by atoms with E-state index in [4.69, 9.17) is 9.15 Å². The predicted octanol–water partition coefficient (Wildman–Crippen LogP) is 1.93. The molecular weight excluding hydrogens is 346 g/mol. The molecule has 2 saturated heterocycles. The first-order valence-electron chi connectivity index (χ1n) is 9.48. The van der Waals surface area contributed by atoms with Gasteiger partial charge in [-0.2, -0.15) is 0 Å². The molecule has 1 N–H and O–H groups in total. The van der Waals surface area contributed by atoms with Crippen LogP contribution in [0.3, 0.4) is 0 Å². The molecule has 2 aliphatic heterocycles. The van der Waals surface area contributed by atoms with Crippen LogP contribution in [0.4, 0.5) is 11.6 Å². The molecule has 0 bridgehead atoms. The smallest absolute Gasteiger partial charge is 0.289 e. The van der Waals surface area contributed by atoms with Crippen molar-refractivity contribution in [3.8, 4) is 0 Å². The molecule has 2 aromatic heterocycles. The summed E-state index contributed by atoms with van der Waals surface area (Å²) in [6.45, 7) is 6.25. The van der Waals surface area contributed by atoms with E-state index in [0.717, 1.165) is 56.5 Å².